The number of nitro groups is 1. The largest absolute Gasteiger partial charge is 0.324 e. The van der Waals surface area contributed by atoms with Gasteiger partial charge in [-0.25, -0.2) is 0 Å². The van der Waals surface area contributed by atoms with Crippen molar-refractivity contribution < 1.29 is 4.92 Å². The molecule has 1 atom stereocenters. The van der Waals surface area contributed by atoms with Gasteiger partial charge >= 0.3 is 0 Å². The van der Waals surface area contributed by atoms with Gasteiger partial charge in [0.2, 0.25) is 0 Å². The fraction of sp³-hybridized carbons (Fsp3) is 0.455. The molecule has 15 heavy (non-hydrogen) atoms. The molecule has 0 aliphatic heterocycles. The first-order valence-corrected chi connectivity index (χ1v) is 4.82. The van der Waals surface area contributed by atoms with E-state index in [9.17, 15) is 10.1 Å². The number of nitrogens with two attached hydrogens (primary N) is 1. The van der Waals surface area contributed by atoms with Crippen molar-refractivity contribution >= 4 is 5.69 Å². The molecule has 0 aliphatic rings. The zero-order valence-corrected chi connectivity index (χ0v) is 9.23. The van der Waals surface area contributed by atoms with Gasteiger partial charge in [-0.1, -0.05) is 32.9 Å². The monoisotopic (exact) mass is 208 g/mol. The van der Waals surface area contributed by atoms with Crippen molar-refractivity contribution in [1.29, 1.82) is 0 Å². The molecular formula is C11H16N2O2. The van der Waals surface area contributed by atoms with Crippen molar-refractivity contribution in [2.45, 2.75) is 26.8 Å². The SMILES string of the molecule is CC(C)(C)[C@H](N)c1ccc([N+](=O)[O-])cc1. The van der Waals surface area contributed by atoms with E-state index in [4.69, 9.17) is 5.73 Å². The lowest BCUT2D eigenvalue weighted by Crippen LogP contribution is -2.26. The van der Waals surface area contributed by atoms with Crippen molar-refractivity contribution in [2.75, 3.05) is 0 Å². The number of benzene rings is 1. The second kappa shape index (κ2) is 3.98. The zero-order valence-electron chi connectivity index (χ0n) is 9.23. The Labute approximate surface area is 89.2 Å². The predicted octanol–water partition coefficient (Wildman–Crippen LogP) is 2.64. The van der Waals surface area contributed by atoms with Crippen LogP contribution in [0.15, 0.2) is 24.3 Å². The number of hydrogen-bond donors (Lipinski definition) is 1. The van der Waals surface area contributed by atoms with Gasteiger partial charge in [0.25, 0.3) is 5.69 Å². The summed E-state index contributed by atoms with van der Waals surface area (Å²) in [4.78, 5) is 10.0. The van der Waals surface area contributed by atoms with Gasteiger partial charge in [-0.3, -0.25) is 10.1 Å². The summed E-state index contributed by atoms with van der Waals surface area (Å²) in [6, 6.07) is 6.29. The Balaban J connectivity index is 2.94. The van der Waals surface area contributed by atoms with Crippen LogP contribution >= 0.6 is 0 Å². The highest BCUT2D eigenvalue weighted by Crippen LogP contribution is 2.30. The minimum atomic E-state index is -0.410. The third-order valence-corrected chi connectivity index (χ3v) is 2.40. The molecule has 0 aromatic heterocycles. The first-order chi connectivity index (χ1) is 6.82. The summed E-state index contributed by atoms with van der Waals surface area (Å²) >= 11 is 0. The van der Waals surface area contributed by atoms with Crippen molar-refractivity contribution in [2.24, 2.45) is 11.1 Å². The smallest absolute Gasteiger partial charge is 0.269 e. The molecule has 4 heteroatoms. The zero-order chi connectivity index (χ0) is 11.6. The molecule has 0 fully saturated rings. The van der Waals surface area contributed by atoms with Gasteiger partial charge in [0.15, 0.2) is 0 Å². The molecule has 4 nitrogen and oxygen atoms in total. The lowest BCUT2D eigenvalue weighted by molar-refractivity contribution is -0.384. The van der Waals surface area contributed by atoms with Crippen LogP contribution in [0.1, 0.15) is 32.4 Å². The molecule has 0 saturated carbocycles. The Morgan fingerprint density at radius 2 is 1.73 bits per heavy atom. The van der Waals surface area contributed by atoms with Gasteiger partial charge in [-0.05, 0) is 11.0 Å². The maximum atomic E-state index is 10.5. The fourth-order valence-corrected chi connectivity index (χ4v) is 1.30. The number of rotatable bonds is 2. The molecule has 0 heterocycles. The Morgan fingerprint density at radius 3 is 2.07 bits per heavy atom. The van der Waals surface area contributed by atoms with E-state index < -0.39 is 4.92 Å². The lowest BCUT2D eigenvalue weighted by Gasteiger charge is -2.27. The van der Waals surface area contributed by atoms with E-state index in [1.807, 2.05) is 20.8 Å². The minimum absolute atomic E-state index is 0.0455. The maximum Gasteiger partial charge on any atom is 0.269 e. The van der Waals surface area contributed by atoms with Crippen LogP contribution in [0.4, 0.5) is 5.69 Å². The molecule has 1 aromatic rings. The molecule has 0 aliphatic carbocycles. The van der Waals surface area contributed by atoms with Crippen LogP contribution in [-0.4, -0.2) is 4.92 Å². The van der Waals surface area contributed by atoms with Crippen LogP contribution in [0.2, 0.25) is 0 Å². The molecule has 0 amide bonds. The second-order valence-electron chi connectivity index (χ2n) is 4.69. The van der Waals surface area contributed by atoms with Gasteiger partial charge in [0.1, 0.15) is 0 Å². The average Bonchev–Trinajstić information content (AvgIpc) is 2.15. The summed E-state index contributed by atoms with van der Waals surface area (Å²) in [5, 5.41) is 10.5. The minimum Gasteiger partial charge on any atom is -0.324 e. The molecule has 1 aromatic carbocycles. The standard InChI is InChI=1S/C11H16N2O2/c1-11(2,3)10(12)8-4-6-9(7-5-8)13(14)15/h4-7,10H,12H2,1-3H3/t10-/m1/s1. The van der Waals surface area contributed by atoms with Gasteiger partial charge < -0.3 is 5.73 Å². The van der Waals surface area contributed by atoms with Gasteiger partial charge in [-0.15, -0.1) is 0 Å². The molecule has 0 radical (unpaired) electrons. The van der Waals surface area contributed by atoms with Crippen molar-refractivity contribution in [1.82, 2.24) is 0 Å². The average molecular weight is 208 g/mol. The first kappa shape index (κ1) is 11.7. The lowest BCUT2D eigenvalue weighted by atomic mass is 9.83. The van der Waals surface area contributed by atoms with Crippen molar-refractivity contribution in [3.63, 3.8) is 0 Å². The number of nitrogens with zero attached hydrogens (tertiary/aromatic N) is 1. The topological polar surface area (TPSA) is 69.2 Å². The normalized spacial score (nSPS) is 13.6. The predicted molar refractivity (Wildman–Crippen MR) is 59.5 cm³/mol. The first-order valence-electron chi connectivity index (χ1n) is 4.82. The summed E-state index contributed by atoms with van der Waals surface area (Å²) in [7, 11) is 0. The van der Waals surface area contributed by atoms with E-state index in [0.717, 1.165) is 5.56 Å². The molecule has 82 valence electrons. The van der Waals surface area contributed by atoms with E-state index in [0.29, 0.717) is 0 Å². The fourth-order valence-electron chi connectivity index (χ4n) is 1.30. The van der Waals surface area contributed by atoms with Gasteiger partial charge in [-0.2, -0.15) is 0 Å². The summed E-state index contributed by atoms with van der Waals surface area (Å²) < 4.78 is 0. The number of hydrogen-bond acceptors (Lipinski definition) is 3. The third-order valence-electron chi connectivity index (χ3n) is 2.40. The number of non-ortho nitro benzene ring substituents is 1. The molecule has 0 unspecified atom stereocenters. The molecular weight excluding hydrogens is 192 g/mol. The van der Waals surface area contributed by atoms with Crippen LogP contribution in [0.3, 0.4) is 0 Å². The quantitative estimate of drug-likeness (QED) is 0.600. The maximum absolute atomic E-state index is 10.5. The Hall–Kier alpha value is -1.42. The van der Waals surface area contributed by atoms with Crippen LogP contribution in [0.5, 0.6) is 0 Å². The van der Waals surface area contributed by atoms with E-state index in [2.05, 4.69) is 0 Å². The molecule has 2 N–H and O–H groups in total. The third kappa shape index (κ3) is 2.76. The Kier molecular flexibility index (Phi) is 3.09. The van der Waals surface area contributed by atoms with E-state index in [1.165, 1.54) is 12.1 Å². The molecule has 0 bridgehead atoms. The van der Waals surface area contributed by atoms with Crippen LogP contribution < -0.4 is 5.73 Å². The number of nitro benzene ring substituents is 1. The molecule has 0 saturated heterocycles. The van der Waals surface area contributed by atoms with Crippen molar-refractivity contribution in [3.05, 3.63) is 39.9 Å². The van der Waals surface area contributed by atoms with Crippen LogP contribution in [0.25, 0.3) is 0 Å². The summed E-state index contributed by atoms with van der Waals surface area (Å²) in [5.74, 6) is 0. The van der Waals surface area contributed by atoms with E-state index in [-0.39, 0.29) is 17.1 Å². The van der Waals surface area contributed by atoms with Crippen molar-refractivity contribution in [3.8, 4) is 0 Å². The summed E-state index contributed by atoms with van der Waals surface area (Å²) in [5.41, 5.74) is 7.00. The highest BCUT2D eigenvalue weighted by Gasteiger charge is 2.22. The highest BCUT2D eigenvalue weighted by atomic mass is 16.6. The molecule has 1 rings (SSSR count). The molecule has 0 spiro atoms. The van der Waals surface area contributed by atoms with E-state index >= 15 is 0 Å². The van der Waals surface area contributed by atoms with Gasteiger partial charge in [0, 0.05) is 18.2 Å². The second-order valence-corrected chi connectivity index (χ2v) is 4.69. The van der Waals surface area contributed by atoms with Crippen LogP contribution in [0, 0.1) is 15.5 Å². The Bertz CT molecular complexity index is 352. The van der Waals surface area contributed by atoms with Gasteiger partial charge in [0.05, 0.1) is 4.92 Å². The summed E-state index contributed by atoms with van der Waals surface area (Å²) in [6.45, 7) is 6.12. The highest BCUT2D eigenvalue weighted by molar-refractivity contribution is 5.34. The Morgan fingerprint density at radius 1 is 1.27 bits per heavy atom. The summed E-state index contributed by atoms with van der Waals surface area (Å²) in [6.07, 6.45) is 0. The van der Waals surface area contributed by atoms with Crippen LogP contribution in [-0.2, 0) is 0 Å². The van der Waals surface area contributed by atoms with E-state index in [1.54, 1.807) is 12.1 Å².